The number of hydrogen-bond donors (Lipinski definition) is 1. The minimum atomic E-state index is 0. The minimum Gasteiger partial charge on any atom is -0.381 e. The van der Waals surface area contributed by atoms with Crippen LogP contribution in [-0.2, 0) is 14.3 Å². The minimum absolute atomic E-state index is 0. The summed E-state index contributed by atoms with van der Waals surface area (Å²) in [6.45, 7) is 4.47. The third-order valence-electron chi connectivity index (χ3n) is 4.49. The van der Waals surface area contributed by atoms with E-state index >= 15 is 0 Å². The van der Waals surface area contributed by atoms with Gasteiger partial charge in [-0.15, -0.1) is 12.4 Å². The molecule has 2 unspecified atom stereocenters. The Bertz CT molecular complexity index is 327. The van der Waals surface area contributed by atoms with Gasteiger partial charge >= 0.3 is 0 Å². The highest BCUT2D eigenvalue weighted by molar-refractivity contribution is 5.85. The predicted octanol–water partition coefficient (Wildman–Crippen LogP) is 1.20. The number of rotatable bonds is 7. The molecule has 2 heterocycles. The molecule has 3 fully saturated rings. The molecule has 0 bridgehead atoms. The van der Waals surface area contributed by atoms with Crippen LogP contribution in [0.25, 0.3) is 0 Å². The fourth-order valence-electron chi connectivity index (χ4n) is 3.10. The molecule has 0 aromatic rings. The van der Waals surface area contributed by atoms with E-state index in [0.29, 0.717) is 24.6 Å². The summed E-state index contributed by atoms with van der Waals surface area (Å²) in [6.07, 6.45) is 5.81. The summed E-state index contributed by atoms with van der Waals surface area (Å²) in [5.74, 6) is 0.647. The van der Waals surface area contributed by atoms with Crippen molar-refractivity contribution in [1.29, 1.82) is 0 Å². The van der Waals surface area contributed by atoms with Crippen LogP contribution in [0.2, 0.25) is 0 Å². The van der Waals surface area contributed by atoms with E-state index in [1.54, 1.807) is 0 Å². The molecule has 0 spiro atoms. The van der Waals surface area contributed by atoms with Crippen molar-refractivity contribution in [2.45, 2.75) is 44.2 Å². The molecule has 21 heavy (non-hydrogen) atoms. The lowest BCUT2D eigenvalue weighted by molar-refractivity contribution is -0.137. The molecular formula is C15H27ClN2O3. The molecule has 5 nitrogen and oxygen atoms in total. The van der Waals surface area contributed by atoms with Crippen LogP contribution < -0.4 is 5.32 Å². The van der Waals surface area contributed by atoms with Gasteiger partial charge in [0.15, 0.2) is 0 Å². The van der Waals surface area contributed by atoms with Crippen molar-refractivity contribution in [3.63, 3.8) is 0 Å². The lowest BCUT2D eigenvalue weighted by atomic mass is 10.1. The first-order chi connectivity index (χ1) is 9.83. The number of halogens is 1. The Morgan fingerprint density at radius 3 is 2.76 bits per heavy atom. The third kappa shape index (κ3) is 5.09. The molecule has 1 saturated carbocycles. The molecule has 3 rings (SSSR count). The van der Waals surface area contributed by atoms with E-state index in [4.69, 9.17) is 9.47 Å². The highest BCUT2D eigenvalue weighted by Crippen LogP contribution is 2.28. The van der Waals surface area contributed by atoms with Crippen LogP contribution in [0.5, 0.6) is 0 Å². The molecule has 2 aliphatic heterocycles. The lowest BCUT2D eigenvalue weighted by Crippen LogP contribution is -2.44. The van der Waals surface area contributed by atoms with E-state index in [1.165, 1.54) is 12.8 Å². The number of amides is 1. The lowest BCUT2D eigenvalue weighted by Gasteiger charge is -2.26. The van der Waals surface area contributed by atoms with Crippen LogP contribution in [0.3, 0.4) is 0 Å². The van der Waals surface area contributed by atoms with Gasteiger partial charge in [0, 0.05) is 31.2 Å². The highest BCUT2D eigenvalue weighted by Gasteiger charge is 2.34. The van der Waals surface area contributed by atoms with Crippen LogP contribution >= 0.6 is 12.4 Å². The van der Waals surface area contributed by atoms with Gasteiger partial charge in [0.25, 0.3) is 0 Å². The van der Waals surface area contributed by atoms with Crippen molar-refractivity contribution in [3.8, 4) is 0 Å². The monoisotopic (exact) mass is 318 g/mol. The van der Waals surface area contributed by atoms with Gasteiger partial charge in [-0.25, -0.2) is 0 Å². The topological polar surface area (TPSA) is 50.8 Å². The normalized spacial score (nSPS) is 28.4. The molecule has 0 aromatic carbocycles. The third-order valence-corrected chi connectivity index (χ3v) is 4.49. The Morgan fingerprint density at radius 2 is 2.14 bits per heavy atom. The molecule has 122 valence electrons. The van der Waals surface area contributed by atoms with Crippen LogP contribution in [0.15, 0.2) is 0 Å². The maximum absolute atomic E-state index is 12.3. The average molecular weight is 319 g/mol. The largest absolute Gasteiger partial charge is 0.381 e. The fourth-order valence-corrected chi connectivity index (χ4v) is 3.10. The predicted molar refractivity (Wildman–Crippen MR) is 82.8 cm³/mol. The van der Waals surface area contributed by atoms with E-state index in [-0.39, 0.29) is 24.9 Å². The SMILES string of the molecule is Cl.O=C(COCC1CCOC1)N(CC1CCCN1)C1CC1. The van der Waals surface area contributed by atoms with Crippen molar-refractivity contribution in [2.75, 3.05) is 39.5 Å². The number of nitrogens with zero attached hydrogens (tertiary/aromatic N) is 1. The first-order valence-corrected chi connectivity index (χ1v) is 8.01. The van der Waals surface area contributed by atoms with E-state index in [0.717, 1.165) is 45.6 Å². The summed E-state index contributed by atoms with van der Waals surface area (Å²) in [5, 5.41) is 3.47. The van der Waals surface area contributed by atoms with Crippen molar-refractivity contribution >= 4 is 18.3 Å². The van der Waals surface area contributed by atoms with Gasteiger partial charge in [-0.1, -0.05) is 0 Å². The van der Waals surface area contributed by atoms with E-state index in [2.05, 4.69) is 5.32 Å². The fraction of sp³-hybridized carbons (Fsp3) is 0.933. The van der Waals surface area contributed by atoms with Gasteiger partial charge in [-0.05, 0) is 38.6 Å². The standard InChI is InChI=1S/C15H26N2O3.ClH/c18-15(11-20-10-12-5-7-19-9-12)17(14-3-4-14)8-13-2-1-6-16-13;/h12-14,16H,1-11H2;1H. The second kappa shape index (κ2) is 8.32. The zero-order chi connectivity index (χ0) is 13.8. The molecule has 2 saturated heterocycles. The Kier molecular flexibility index (Phi) is 6.74. The summed E-state index contributed by atoms with van der Waals surface area (Å²) in [7, 11) is 0. The van der Waals surface area contributed by atoms with Gasteiger partial charge in [-0.3, -0.25) is 4.79 Å². The number of nitrogens with one attached hydrogen (secondary N) is 1. The smallest absolute Gasteiger partial charge is 0.248 e. The molecule has 0 aromatic heterocycles. The van der Waals surface area contributed by atoms with Gasteiger partial charge in [0.1, 0.15) is 6.61 Å². The van der Waals surface area contributed by atoms with Gasteiger partial charge in [0.2, 0.25) is 5.91 Å². The molecular weight excluding hydrogens is 292 g/mol. The summed E-state index contributed by atoms with van der Waals surface area (Å²) in [5.41, 5.74) is 0. The molecule has 6 heteroatoms. The van der Waals surface area contributed by atoms with Crippen LogP contribution in [-0.4, -0.2) is 62.4 Å². The van der Waals surface area contributed by atoms with Gasteiger partial charge < -0.3 is 19.7 Å². The summed E-state index contributed by atoms with van der Waals surface area (Å²) >= 11 is 0. The highest BCUT2D eigenvalue weighted by atomic mass is 35.5. The zero-order valence-electron chi connectivity index (χ0n) is 12.6. The van der Waals surface area contributed by atoms with Crippen molar-refractivity contribution < 1.29 is 14.3 Å². The van der Waals surface area contributed by atoms with Gasteiger partial charge in [0.05, 0.1) is 13.2 Å². The Morgan fingerprint density at radius 1 is 1.29 bits per heavy atom. The van der Waals surface area contributed by atoms with E-state index in [9.17, 15) is 4.79 Å². The quantitative estimate of drug-likeness (QED) is 0.766. The van der Waals surface area contributed by atoms with E-state index in [1.807, 2.05) is 4.90 Å². The maximum atomic E-state index is 12.3. The second-order valence-corrected chi connectivity index (χ2v) is 6.32. The number of carbonyl (C=O) groups is 1. The van der Waals surface area contributed by atoms with Crippen molar-refractivity contribution in [2.24, 2.45) is 5.92 Å². The van der Waals surface area contributed by atoms with Crippen LogP contribution in [0, 0.1) is 5.92 Å². The van der Waals surface area contributed by atoms with Crippen LogP contribution in [0.4, 0.5) is 0 Å². The van der Waals surface area contributed by atoms with Crippen LogP contribution in [0.1, 0.15) is 32.1 Å². The summed E-state index contributed by atoms with van der Waals surface area (Å²) in [6, 6.07) is 0.964. The number of hydrogen-bond acceptors (Lipinski definition) is 4. The zero-order valence-corrected chi connectivity index (χ0v) is 13.4. The van der Waals surface area contributed by atoms with E-state index < -0.39 is 0 Å². The molecule has 1 amide bonds. The van der Waals surface area contributed by atoms with Crippen molar-refractivity contribution in [3.05, 3.63) is 0 Å². The molecule has 0 radical (unpaired) electrons. The number of ether oxygens (including phenoxy) is 2. The second-order valence-electron chi connectivity index (χ2n) is 6.32. The van der Waals surface area contributed by atoms with Gasteiger partial charge in [-0.2, -0.15) is 0 Å². The summed E-state index contributed by atoms with van der Waals surface area (Å²) in [4.78, 5) is 14.4. The first-order valence-electron chi connectivity index (χ1n) is 8.01. The first kappa shape index (κ1) is 17.0. The van der Waals surface area contributed by atoms with Crippen molar-refractivity contribution in [1.82, 2.24) is 10.2 Å². The number of carbonyl (C=O) groups excluding carboxylic acids is 1. The molecule has 3 aliphatic rings. The molecule has 1 aliphatic carbocycles. The Hall–Kier alpha value is -0.360. The summed E-state index contributed by atoms with van der Waals surface area (Å²) < 4.78 is 10.9. The Balaban J connectivity index is 0.00000161. The molecule has 2 atom stereocenters. The average Bonchev–Trinajstić information content (AvgIpc) is 2.93. The maximum Gasteiger partial charge on any atom is 0.248 e. The molecule has 1 N–H and O–H groups in total. The Labute approximate surface area is 133 Å².